The monoisotopic (exact) mass is 565 g/mol. The van der Waals surface area contributed by atoms with Gasteiger partial charge < -0.3 is 33.5 Å². The fourth-order valence-corrected chi connectivity index (χ4v) is 4.38. The third-order valence-corrected chi connectivity index (χ3v) is 5.93. The lowest BCUT2D eigenvalue weighted by Gasteiger charge is -2.43. The molecule has 39 heavy (non-hydrogen) atoms. The topological polar surface area (TPSA) is 174 Å². The molecule has 210 valence electrons. The van der Waals surface area contributed by atoms with Crippen LogP contribution in [0.5, 0.6) is 11.5 Å². The standard InChI is InChI=1S/C25H27NO12S/c1-12(27)33-9-21-22(34-13(2)28)23(35-14(3)29)24(36-15(4)30)25(38-21)37-17-5-6-18(20(32)8-17)19(31)7-16-10-39-11-26-16/h5-6,8,10-11,21-25,32H,7,9H2,1-4H3/t21-,22-,23+,24+,25+/m1/s1. The molecule has 14 heteroatoms. The minimum absolute atomic E-state index is 0.00129. The molecule has 1 N–H and O–H groups in total. The Balaban J connectivity index is 1.91. The van der Waals surface area contributed by atoms with Crippen LogP contribution in [0.15, 0.2) is 29.1 Å². The van der Waals surface area contributed by atoms with E-state index in [2.05, 4.69) is 4.98 Å². The van der Waals surface area contributed by atoms with Crippen LogP contribution in [-0.2, 0) is 49.3 Å². The maximum absolute atomic E-state index is 12.6. The minimum atomic E-state index is -1.48. The largest absolute Gasteiger partial charge is 0.507 e. The third kappa shape index (κ3) is 8.22. The average Bonchev–Trinajstić information content (AvgIpc) is 3.33. The van der Waals surface area contributed by atoms with Gasteiger partial charge in [0.2, 0.25) is 12.4 Å². The van der Waals surface area contributed by atoms with Crippen LogP contribution in [0.1, 0.15) is 43.7 Å². The highest BCUT2D eigenvalue weighted by molar-refractivity contribution is 7.07. The Labute approximate surface area is 226 Å². The molecule has 0 aliphatic carbocycles. The van der Waals surface area contributed by atoms with Crippen molar-refractivity contribution in [3.8, 4) is 11.5 Å². The van der Waals surface area contributed by atoms with E-state index in [1.54, 1.807) is 10.9 Å². The van der Waals surface area contributed by atoms with Crippen LogP contribution in [-0.4, -0.2) is 77.1 Å². The third-order valence-electron chi connectivity index (χ3n) is 5.30. The number of thiazole rings is 1. The number of carbonyl (C=O) groups excluding carboxylic acids is 5. The molecule has 2 heterocycles. The van der Waals surface area contributed by atoms with E-state index in [4.69, 9.17) is 28.4 Å². The lowest BCUT2D eigenvalue weighted by Crippen LogP contribution is -2.63. The van der Waals surface area contributed by atoms with Crippen LogP contribution in [0.2, 0.25) is 0 Å². The summed E-state index contributed by atoms with van der Waals surface area (Å²) >= 11 is 1.34. The number of nitrogens with zero attached hydrogens (tertiary/aromatic N) is 1. The zero-order valence-corrected chi connectivity index (χ0v) is 22.3. The zero-order valence-electron chi connectivity index (χ0n) is 21.5. The number of phenols is 1. The zero-order chi connectivity index (χ0) is 28.7. The molecule has 0 amide bonds. The number of aromatic hydroxyl groups is 1. The number of hydrogen-bond donors (Lipinski definition) is 1. The van der Waals surface area contributed by atoms with Crippen molar-refractivity contribution >= 4 is 41.0 Å². The number of benzene rings is 1. The molecule has 5 atom stereocenters. The molecule has 1 saturated heterocycles. The Hall–Kier alpha value is -4.04. The predicted octanol–water partition coefficient (Wildman–Crippen LogP) is 1.74. The first-order valence-electron chi connectivity index (χ1n) is 11.6. The van der Waals surface area contributed by atoms with Crippen molar-refractivity contribution in [3.63, 3.8) is 0 Å². The number of hydrogen-bond acceptors (Lipinski definition) is 14. The fraction of sp³-hybridized carbons (Fsp3) is 0.440. The van der Waals surface area contributed by atoms with Crippen molar-refractivity contribution in [2.45, 2.75) is 64.8 Å². The van der Waals surface area contributed by atoms with E-state index in [-0.39, 0.29) is 23.5 Å². The van der Waals surface area contributed by atoms with Gasteiger partial charge in [0.25, 0.3) is 0 Å². The summed E-state index contributed by atoms with van der Waals surface area (Å²) in [6.45, 7) is 4.04. The number of esters is 4. The Morgan fingerprint density at radius 1 is 0.923 bits per heavy atom. The van der Waals surface area contributed by atoms with Crippen LogP contribution in [0.25, 0.3) is 0 Å². The van der Waals surface area contributed by atoms with E-state index in [9.17, 15) is 29.1 Å². The molecule has 0 bridgehead atoms. The first kappa shape index (κ1) is 29.5. The van der Waals surface area contributed by atoms with E-state index >= 15 is 0 Å². The molecule has 1 aromatic carbocycles. The minimum Gasteiger partial charge on any atom is -0.507 e. The van der Waals surface area contributed by atoms with Crippen LogP contribution in [0, 0.1) is 0 Å². The Bertz CT molecular complexity index is 1210. The highest BCUT2D eigenvalue weighted by Crippen LogP contribution is 2.32. The summed E-state index contributed by atoms with van der Waals surface area (Å²) in [5.74, 6) is -3.78. The summed E-state index contributed by atoms with van der Waals surface area (Å²) in [5, 5.41) is 12.2. The summed E-state index contributed by atoms with van der Waals surface area (Å²) < 4.78 is 32.7. The second-order valence-corrected chi connectivity index (χ2v) is 9.16. The van der Waals surface area contributed by atoms with Crippen molar-refractivity contribution in [2.24, 2.45) is 0 Å². The van der Waals surface area contributed by atoms with Crippen LogP contribution >= 0.6 is 11.3 Å². The summed E-state index contributed by atoms with van der Waals surface area (Å²) in [6.07, 6.45) is -6.90. The van der Waals surface area contributed by atoms with Gasteiger partial charge in [-0.2, -0.15) is 0 Å². The number of aromatic nitrogens is 1. The van der Waals surface area contributed by atoms with Gasteiger partial charge in [0.15, 0.2) is 18.0 Å². The van der Waals surface area contributed by atoms with Gasteiger partial charge in [-0.3, -0.25) is 24.0 Å². The SMILES string of the molecule is CC(=O)OC[C@H]1O[C@H](Oc2ccc(C(=O)Cc3cscn3)c(O)c2)[C@@H](OC(C)=O)[C@@H](OC(C)=O)[C@@H]1OC(C)=O. The number of Topliss-reactive ketones (excluding diaryl/α,β-unsaturated/α-hetero) is 1. The molecule has 0 radical (unpaired) electrons. The van der Waals surface area contributed by atoms with Gasteiger partial charge in [0.05, 0.1) is 23.2 Å². The maximum Gasteiger partial charge on any atom is 0.303 e. The number of ether oxygens (including phenoxy) is 6. The van der Waals surface area contributed by atoms with Gasteiger partial charge in [0.1, 0.15) is 24.2 Å². The first-order chi connectivity index (χ1) is 18.4. The van der Waals surface area contributed by atoms with E-state index in [1.165, 1.54) is 23.5 Å². The van der Waals surface area contributed by atoms with Gasteiger partial charge in [-0.1, -0.05) is 0 Å². The van der Waals surface area contributed by atoms with E-state index in [0.717, 1.165) is 33.8 Å². The molecule has 1 aliphatic heterocycles. The van der Waals surface area contributed by atoms with E-state index < -0.39 is 66.9 Å². The lowest BCUT2D eigenvalue weighted by molar-refractivity contribution is -0.288. The number of phenolic OH excluding ortho intramolecular Hbond substituents is 1. The summed E-state index contributed by atoms with van der Waals surface area (Å²) in [5.41, 5.74) is 2.17. The van der Waals surface area contributed by atoms with Crippen LogP contribution in [0.4, 0.5) is 0 Å². The molecule has 0 saturated carbocycles. The Morgan fingerprint density at radius 2 is 1.56 bits per heavy atom. The van der Waals surface area contributed by atoms with Crippen LogP contribution in [0.3, 0.4) is 0 Å². The molecular weight excluding hydrogens is 538 g/mol. The lowest BCUT2D eigenvalue weighted by atomic mass is 9.98. The molecule has 13 nitrogen and oxygen atoms in total. The summed E-state index contributed by atoms with van der Waals surface area (Å²) in [6, 6.07) is 3.87. The molecule has 0 unspecified atom stereocenters. The number of rotatable bonds is 10. The first-order valence-corrected chi connectivity index (χ1v) is 12.6. The van der Waals surface area contributed by atoms with Gasteiger partial charge in [-0.05, 0) is 12.1 Å². The van der Waals surface area contributed by atoms with Crippen molar-refractivity contribution in [3.05, 3.63) is 40.3 Å². The molecule has 1 fully saturated rings. The maximum atomic E-state index is 12.6. The van der Waals surface area contributed by atoms with Crippen molar-refractivity contribution < 1.29 is 57.5 Å². The van der Waals surface area contributed by atoms with E-state index in [1.807, 2.05) is 0 Å². The van der Waals surface area contributed by atoms with Gasteiger partial charge in [-0.15, -0.1) is 11.3 Å². The molecule has 2 aromatic rings. The number of carbonyl (C=O) groups is 5. The Morgan fingerprint density at radius 3 is 2.13 bits per heavy atom. The molecule has 0 spiro atoms. The second kappa shape index (κ2) is 13.2. The molecule has 1 aliphatic rings. The van der Waals surface area contributed by atoms with Gasteiger partial charge >= 0.3 is 23.9 Å². The van der Waals surface area contributed by atoms with Gasteiger partial charge in [-0.25, -0.2) is 4.98 Å². The number of ketones is 1. The average molecular weight is 566 g/mol. The quantitative estimate of drug-likeness (QED) is 0.251. The van der Waals surface area contributed by atoms with Crippen molar-refractivity contribution in [1.82, 2.24) is 4.98 Å². The van der Waals surface area contributed by atoms with Crippen LogP contribution < -0.4 is 4.74 Å². The normalized spacial score (nSPS) is 22.3. The fourth-order valence-electron chi connectivity index (χ4n) is 3.82. The summed E-state index contributed by atoms with van der Waals surface area (Å²) in [7, 11) is 0. The smallest absolute Gasteiger partial charge is 0.303 e. The predicted molar refractivity (Wildman–Crippen MR) is 131 cm³/mol. The van der Waals surface area contributed by atoms with Crippen molar-refractivity contribution in [2.75, 3.05) is 6.61 Å². The summed E-state index contributed by atoms with van der Waals surface area (Å²) in [4.78, 5) is 63.8. The molecular formula is C25H27NO12S. The second-order valence-electron chi connectivity index (χ2n) is 8.44. The van der Waals surface area contributed by atoms with Crippen molar-refractivity contribution in [1.29, 1.82) is 0 Å². The van der Waals surface area contributed by atoms with E-state index in [0.29, 0.717) is 5.69 Å². The molecule has 3 rings (SSSR count). The highest BCUT2D eigenvalue weighted by atomic mass is 32.1. The highest BCUT2D eigenvalue weighted by Gasteiger charge is 2.53. The molecule has 1 aromatic heterocycles. The van der Waals surface area contributed by atoms with Gasteiger partial charge in [0, 0.05) is 39.1 Å². The Kier molecular flexibility index (Phi) is 9.95.